The Morgan fingerprint density at radius 1 is 1.30 bits per heavy atom. The zero-order chi connectivity index (χ0) is 14.7. The molecule has 1 fully saturated rings. The van der Waals surface area contributed by atoms with Crippen molar-refractivity contribution in [1.29, 1.82) is 0 Å². The summed E-state index contributed by atoms with van der Waals surface area (Å²) < 4.78 is 5.07. The van der Waals surface area contributed by atoms with E-state index in [1.807, 2.05) is 31.2 Å². The molecule has 1 saturated heterocycles. The molecule has 1 heterocycles. The number of hydrogen-bond acceptors (Lipinski definition) is 3. The zero-order valence-corrected chi connectivity index (χ0v) is 11.7. The molecule has 1 aromatic carbocycles. The van der Waals surface area contributed by atoms with Gasteiger partial charge in [-0.25, -0.2) is 0 Å². The van der Waals surface area contributed by atoms with Gasteiger partial charge < -0.3 is 14.7 Å². The second-order valence-electron chi connectivity index (χ2n) is 5.25. The minimum absolute atomic E-state index is 0.00678. The molecule has 2 atom stereocenters. The van der Waals surface area contributed by atoms with E-state index in [1.54, 1.807) is 12.0 Å². The smallest absolute Gasteiger partial charge is 0.308 e. The van der Waals surface area contributed by atoms with Crippen LogP contribution in [0.15, 0.2) is 24.3 Å². The van der Waals surface area contributed by atoms with Gasteiger partial charge in [0.15, 0.2) is 0 Å². The van der Waals surface area contributed by atoms with Crippen molar-refractivity contribution >= 4 is 11.9 Å². The van der Waals surface area contributed by atoms with Crippen molar-refractivity contribution in [3.05, 3.63) is 29.8 Å². The van der Waals surface area contributed by atoms with Crippen LogP contribution in [0.4, 0.5) is 0 Å². The fourth-order valence-corrected chi connectivity index (χ4v) is 2.52. The fourth-order valence-electron chi connectivity index (χ4n) is 2.52. The Balaban J connectivity index is 1.96. The van der Waals surface area contributed by atoms with Gasteiger partial charge in [0.2, 0.25) is 5.91 Å². The Bertz CT molecular complexity index is 497. The highest BCUT2D eigenvalue weighted by Crippen LogP contribution is 2.24. The molecule has 108 valence electrons. The molecule has 2 unspecified atom stereocenters. The first-order chi connectivity index (χ1) is 9.51. The highest BCUT2D eigenvalue weighted by atomic mass is 16.5. The Hall–Kier alpha value is -2.04. The molecule has 1 aromatic rings. The topological polar surface area (TPSA) is 66.8 Å². The number of nitrogens with zero attached hydrogens (tertiary/aromatic N) is 1. The van der Waals surface area contributed by atoms with Crippen LogP contribution >= 0.6 is 0 Å². The first-order valence-electron chi connectivity index (χ1n) is 6.64. The van der Waals surface area contributed by atoms with E-state index in [4.69, 9.17) is 9.84 Å². The van der Waals surface area contributed by atoms with Gasteiger partial charge in [0, 0.05) is 13.1 Å². The van der Waals surface area contributed by atoms with Gasteiger partial charge in [-0.15, -0.1) is 0 Å². The summed E-state index contributed by atoms with van der Waals surface area (Å²) in [4.78, 5) is 24.9. The van der Waals surface area contributed by atoms with Gasteiger partial charge in [-0.1, -0.05) is 19.1 Å². The van der Waals surface area contributed by atoms with Gasteiger partial charge in [-0.2, -0.15) is 0 Å². The molecule has 0 saturated carbocycles. The van der Waals surface area contributed by atoms with Crippen LogP contribution in [0.5, 0.6) is 5.75 Å². The quantitative estimate of drug-likeness (QED) is 0.903. The number of rotatable bonds is 4. The number of methoxy groups -OCH3 is 1. The molecule has 0 bridgehead atoms. The van der Waals surface area contributed by atoms with Gasteiger partial charge in [0.05, 0.1) is 19.4 Å². The highest BCUT2D eigenvalue weighted by molar-refractivity contribution is 5.81. The molecular formula is C15H19NO4. The lowest BCUT2D eigenvalue weighted by molar-refractivity contribution is -0.142. The Morgan fingerprint density at radius 3 is 2.45 bits per heavy atom. The van der Waals surface area contributed by atoms with Crippen molar-refractivity contribution in [3.8, 4) is 5.75 Å². The van der Waals surface area contributed by atoms with Crippen LogP contribution in [0.1, 0.15) is 12.5 Å². The molecule has 20 heavy (non-hydrogen) atoms. The van der Waals surface area contributed by atoms with E-state index >= 15 is 0 Å². The van der Waals surface area contributed by atoms with E-state index in [2.05, 4.69) is 0 Å². The van der Waals surface area contributed by atoms with E-state index in [0.29, 0.717) is 19.5 Å². The number of benzene rings is 1. The van der Waals surface area contributed by atoms with Gasteiger partial charge in [0.1, 0.15) is 5.75 Å². The van der Waals surface area contributed by atoms with Crippen molar-refractivity contribution in [2.45, 2.75) is 13.3 Å². The monoisotopic (exact) mass is 277 g/mol. The molecule has 1 aliphatic heterocycles. The van der Waals surface area contributed by atoms with Crippen molar-refractivity contribution in [2.75, 3.05) is 20.2 Å². The number of aliphatic carboxylic acids is 1. The van der Waals surface area contributed by atoms with Gasteiger partial charge >= 0.3 is 5.97 Å². The van der Waals surface area contributed by atoms with E-state index in [0.717, 1.165) is 11.3 Å². The maximum Gasteiger partial charge on any atom is 0.308 e. The van der Waals surface area contributed by atoms with Crippen molar-refractivity contribution in [1.82, 2.24) is 4.90 Å². The van der Waals surface area contributed by atoms with Gasteiger partial charge in [-0.05, 0) is 23.6 Å². The summed E-state index contributed by atoms with van der Waals surface area (Å²) in [5.41, 5.74) is 0.905. The Kier molecular flexibility index (Phi) is 4.27. The molecule has 5 nitrogen and oxygen atoms in total. The van der Waals surface area contributed by atoms with E-state index in [9.17, 15) is 9.59 Å². The van der Waals surface area contributed by atoms with Crippen LogP contribution in [0.3, 0.4) is 0 Å². The number of amides is 1. The van der Waals surface area contributed by atoms with Gasteiger partial charge in [-0.3, -0.25) is 9.59 Å². The summed E-state index contributed by atoms with van der Waals surface area (Å²) >= 11 is 0. The molecule has 1 amide bonds. The SMILES string of the molecule is COc1ccc(CC(=O)N2CC(C)C(C(=O)O)C2)cc1. The maximum absolute atomic E-state index is 12.2. The second kappa shape index (κ2) is 5.94. The van der Waals surface area contributed by atoms with Crippen LogP contribution < -0.4 is 4.74 Å². The number of carbonyl (C=O) groups is 2. The van der Waals surface area contributed by atoms with Crippen LogP contribution in [-0.4, -0.2) is 42.1 Å². The summed E-state index contributed by atoms with van der Waals surface area (Å²) in [7, 11) is 1.60. The van der Waals surface area contributed by atoms with E-state index in [1.165, 1.54) is 0 Å². The minimum Gasteiger partial charge on any atom is -0.497 e. The predicted octanol–water partition coefficient (Wildman–Crippen LogP) is 1.42. The Morgan fingerprint density at radius 2 is 1.95 bits per heavy atom. The normalized spacial score (nSPS) is 21.8. The third kappa shape index (κ3) is 3.10. The lowest BCUT2D eigenvalue weighted by Crippen LogP contribution is -2.31. The highest BCUT2D eigenvalue weighted by Gasteiger charge is 2.36. The molecule has 0 spiro atoms. The van der Waals surface area contributed by atoms with Crippen LogP contribution in [-0.2, 0) is 16.0 Å². The predicted molar refractivity (Wildman–Crippen MR) is 73.6 cm³/mol. The average molecular weight is 277 g/mol. The third-order valence-corrected chi connectivity index (χ3v) is 3.80. The van der Waals surface area contributed by atoms with Gasteiger partial charge in [0.25, 0.3) is 0 Å². The molecular weight excluding hydrogens is 258 g/mol. The number of carboxylic acid groups (broad SMARTS) is 1. The van der Waals surface area contributed by atoms with E-state index in [-0.39, 0.29) is 11.8 Å². The third-order valence-electron chi connectivity index (χ3n) is 3.80. The first-order valence-corrected chi connectivity index (χ1v) is 6.64. The largest absolute Gasteiger partial charge is 0.497 e. The van der Waals surface area contributed by atoms with Crippen LogP contribution in [0.2, 0.25) is 0 Å². The van der Waals surface area contributed by atoms with Crippen LogP contribution in [0, 0.1) is 11.8 Å². The summed E-state index contributed by atoms with van der Waals surface area (Å²) in [6, 6.07) is 7.33. The molecule has 2 rings (SSSR count). The minimum atomic E-state index is -0.822. The van der Waals surface area contributed by atoms with Crippen molar-refractivity contribution in [2.24, 2.45) is 11.8 Å². The number of carboxylic acids is 1. The molecule has 0 radical (unpaired) electrons. The average Bonchev–Trinajstić information content (AvgIpc) is 2.82. The lowest BCUT2D eigenvalue weighted by Gasteiger charge is -2.16. The summed E-state index contributed by atoms with van der Waals surface area (Å²) in [5.74, 6) is -0.535. The summed E-state index contributed by atoms with van der Waals surface area (Å²) in [5, 5.41) is 9.08. The summed E-state index contributed by atoms with van der Waals surface area (Å²) in [6.07, 6.45) is 0.295. The molecule has 1 aliphatic rings. The number of likely N-dealkylation sites (tertiary alicyclic amines) is 1. The number of carbonyl (C=O) groups excluding carboxylic acids is 1. The summed E-state index contributed by atoms with van der Waals surface area (Å²) in [6.45, 7) is 2.71. The first kappa shape index (κ1) is 14.4. The molecule has 0 aliphatic carbocycles. The second-order valence-corrected chi connectivity index (χ2v) is 5.25. The maximum atomic E-state index is 12.2. The zero-order valence-electron chi connectivity index (χ0n) is 11.7. The number of ether oxygens (including phenoxy) is 1. The van der Waals surface area contributed by atoms with E-state index < -0.39 is 11.9 Å². The standard InChI is InChI=1S/C15H19NO4/c1-10-8-16(9-13(10)15(18)19)14(17)7-11-3-5-12(20-2)6-4-11/h3-6,10,13H,7-9H2,1-2H3,(H,18,19). The number of hydrogen-bond donors (Lipinski definition) is 1. The molecule has 1 N–H and O–H groups in total. The van der Waals surface area contributed by atoms with Crippen molar-refractivity contribution < 1.29 is 19.4 Å². The fraction of sp³-hybridized carbons (Fsp3) is 0.467. The lowest BCUT2D eigenvalue weighted by atomic mass is 9.99. The Labute approximate surface area is 118 Å². The molecule has 5 heteroatoms. The van der Waals surface area contributed by atoms with Crippen LogP contribution in [0.25, 0.3) is 0 Å². The molecule has 0 aromatic heterocycles. The van der Waals surface area contributed by atoms with Crippen molar-refractivity contribution in [3.63, 3.8) is 0 Å².